The molecule has 3 amide bonds. The Kier molecular flexibility index (Phi) is 10.6. The van der Waals surface area contributed by atoms with Gasteiger partial charge in [0.05, 0.1) is 13.0 Å². The summed E-state index contributed by atoms with van der Waals surface area (Å²) in [5, 5.41) is 7.55. The van der Waals surface area contributed by atoms with E-state index in [-0.39, 0.29) is 24.9 Å². The molecular weight excluding hydrogens is 470 g/mol. The Labute approximate surface area is 219 Å². The lowest BCUT2D eigenvalue weighted by Gasteiger charge is -2.33. The van der Waals surface area contributed by atoms with Crippen LogP contribution in [-0.4, -0.2) is 36.3 Å². The zero-order valence-corrected chi connectivity index (χ0v) is 22.8. The number of fused-ring (bicyclic) bond motifs is 1. The highest BCUT2D eigenvalue weighted by Crippen LogP contribution is 2.28. The van der Waals surface area contributed by atoms with Crippen LogP contribution in [0, 0.1) is 17.8 Å². The van der Waals surface area contributed by atoms with Crippen molar-refractivity contribution >= 4 is 34.5 Å². The van der Waals surface area contributed by atoms with Crippen LogP contribution in [0.4, 0.5) is 0 Å². The molecule has 8 nitrogen and oxygen atoms in total. The Balaban J connectivity index is 2.49. The maximum Gasteiger partial charge on any atom is 0.306 e. The molecule has 2 rings (SSSR count). The average molecular weight is 512 g/mol. The molecule has 0 saturated heterocycles. The third-order valence-electron chi connectivity index (χ3n) is 6.36. The van der Waals surface area contributed by atoms with Gasteiger partial charge in [-0.2, -0.15) is 0 Å². The first-order valence-corrected chi connectivity index (χ1v) is 12.9. The van der Waals surface area contributed by atoms with E-state index in [1.54, 1.807) is 19.9 Å². The van der Waals surface area contributed by atoms with E-state index in [1.165, 1.54) is 0 Å². The Bertz CT molecular complexity index is 1110. The molecule has 0 spiro atoms. The lowest BCUT2D eigenvalue weighted by molar-refractivity contribution is -0.147. The van der Waals surface area contributed by atoms with E-state index in [0.717, 1.165) is 10.8 Å². The molecule has 0 heterocycles. The first-order chi connectivity index (χ1) is 17.4. The molecule has 8 heteroatoms. The van der Waals surface area contributed by atoms with Crippen molar-refractivity contribution in [2.75, 3.05) is 6.61 Å². The molecule has 0 fully saturated rings. The van der Waals surface area contributed by atoms with Gasteiger partial charge in [-0.25, -0.2) is 0 Å². The largest absolute Gasteiger partial charge is 0.466 e. The van der Waals surface area contributed by atoms with Gasteiger partial charge >= 0.3 is 5.97 Å². The number of primary amides is 1. The van der Waals surface area contributed by atoms with E-state index in [4.69, 9.17) is 10.5 Å². The molecule has 2 aromatic rings. The van der Waals surface area contributed by atoms with Crippen molar-refractivity contribution in [1.29, 1.82) is 0 Å². The number of nitrogens with two attached hydrogens (primary N) is 1. The molecule has 0 aliphatic rings. The van der Waals surface area contributed by atoms with Gasteiger partial charge in [-0.1, -0.05) is 64.1 Å². The summed E-state index contributed by atoms with van der Waals surface area (Å²) in [4.78, 5) is 51.7. The summed E-state index contributed by atoms with van der Waals surface area (Å²) in [5.74, 6) is -2.54. The minimum Gasteiger partial charge on any atom is -0.466 e. The minimum atomic E-state index is -1.53. The van der Waals surface area contributed by atoms with Crippen molar-refractivity contribution in [2.24, 2.45) is 23.5 Å². The van der Waals surface area contributed by atoms with Gasteiger partial charge in [-0.3, -0.25) is 19.2 Å². The summed E-state index contributed by atoms with van der Waals surface area (Å²) in [7, 11) is 0. The highest BCUT2D eigenvalue weighted by molar-refractivity contribution is 5.97. The number of hydrogen-bond acceptors (Lipinski definition) is 5. The van der Waals surface area contributed by atoms with E-state index in [1.807, 2.05) is 64.1 Å². The van der Waals surface area contributed by atoms with Gasteiger partial charge in [0.1, 0.15) is 11.6 Å². The van der Waals surface area contributed by atoms with Gasteiger partial charge < -0.3 is 21.1 Å². The van der Waals surface area contributed by atoms with Crippen molar-refractivity contribution in [3.63, 3.8) is 0 Å². The number of amides is 3. The van der Waals surface area contributed by atoms with Crippen LogP contribution >= 0.6 is 0 Å². The van der Waals surface area contributed by atoms with Crippen LogP contribution in [0.25, 0.3) is 10.8 Å². The summed E-state index contributed by atoms with van der Waals surface area (Å²) in [6, 6.07) is 12.3. The first kappa shape index (κ1) is 29.8. The summed E-state index contributed by atoms with van der Waals surface area (Å²) >= 11 is 0. The molecule has 202 valence electrons. The zero-order chi connectivity index (χ0) is 27.8. The van der Waals surface area contributed by atoms with Crippen molar-refractivity contribution in [1.82, 2.24) is 10.6 Å². The molecule has 0 saturated carbocycles. The van der Waals surface area contributed by atoms with E-state index in [2.05, 4.69) is 10.6 Å². The van der Waals surface area contributed by atoms with Gasteiger partial charge in [0.15, 0.2) is 0 Å². The second-order valence-electron chi connectivity index (χ2n) is 10.6. The SMILES string of the molecule is CCOC(=O)CC(CC(C)C)C(=O)N[C@](C)(C(=O)N[C@@H](CC(C)C)C(N)=O)c1ccc2ccccc2c1. The summed E-state index contributed by atoms with van der Waals surface area (Å²) in [6.45, 7) is 11.3. The van der Waals surface area contributed by atoms with E-state index in [0.29, 0.717) is 18.4 Å². The standard InChI is InChI=1S/C29H41N3O5/c1-7-37-25(33)17-22(14-18(2)3)27(35)32-29(6,28(36)31-24(26(30)34)15-19(4)5)23-13-12-20-10-8-9-11-21(20)16-23/h8-13,16,18-19,22,24H,7,14-15,17H2,1-6H3,(H2,30,34)(H,31,36)(H,32,35)/t22?,24-,29-/m0/s1. The van der Waals surface area contributed by atoms with Crippen molar-refractivity contribution in [3.8, 4) is 0 Å². The molecule has 37 heavy (non-hydrogen) atoms. The molecule has 3 atom stereocenters. The van der Waals surface area contributed by atoms with Crippen molar-refractivity contribution in [2.45, 2.75) is 72.4 Å². The van der Waals surface area contributed by atoms with Gasteiger partial charge in [-0.05, 0) is 60.9 Å². The van der Waals surface area contributed by atoms with Crippen molar-refractivity contribution in [3.05, 3.63) is 48.0 Å². The van der Waals surface area contributed by atoms with Crippen LogP contribution in [0.15, 0.2) is 42.5 Å². The Hall–Kier alpha value is -3.42. The van der Waals surface area contributed by atoms with Gasteiger partial charge in [0.2, 0.25) is 11.8 Å². The topological polar surface area (TPSA) is 128 Å². The van der Waals surface area contributed by atoms with Crippen molar-refractivity contribution < 1.29 is 23.9 Å². The predicted octanol–water partition coefficient (Wildman–Crippen LogP) is 3.80. The van der Waals surface area contributed by atoms with Gasteiger partial charge in [-0.15, -0.1) is 0 Å². The summed E-state index contributed by atoms with van der Waals surface area (Å²) in [5.41, 5.74) is 4.60. The van der Waals surface area contributed by atoms with E-state index >= 15 is 0 Å². The lowest BCUT2D eigenvalue weighted by Crippen LogP contribution is -2.59. The highest BCUT2D eigenvalue weighted by atomic mass is 16.5. The fourth-order valence-corrected chi connectivity index (χ4v) is 4.40. The molecule has 1 unspecified atom stereocenters. The van der Waals surface area contributed by atoms with Crippen LogP contribution in [0.1, 0.15) is 66.4 Å². The number of rotatable bonds is 13. The highest BCUT2D eigenvalue weighted by Gasteiger charge is 2.40. The summed E-state index contributed by atoms with van der Waals surface area (Å²) < 4.78 is 5.08. The summed E-state index contributed by atoms with van der Waals surface area (Å²) in [6.07, 6.45) is 0.712. The molecule has 0 radical (unpaired) electrons. The number of benzene rings is 2. The lowest BCUT2D eigenvalue weighted by atomic mass is 9.86. The Morgan fingerprint density at radius 2 is 1.57 bits per heavy atom. The molecule has 0 aliphatic carbocycles. The number of carbonyl (C=O) groups is 4. The molecule has 0 bridgehead atoms. The Morgan fingerprint density at radius 3 is 2.14 bits per heavy atom. The van der Waals surface area contributed by atoms with E-state index < -0.39 is 41.2 Å². The number of carbonyl (C=O) groups excluding carboxylic acids is 4. The monoisotopic (exact) mass is 511 g/mol. The molecule has 0 aromatic heterocycles. The van der Waals surface area contributed by atoms with Crippen LogP contribution in [0.3, 0.4) is 0 Å². The number of esters is 1. The zero-order valence-electron chi connectivity index (χ0n) is 22.8. The van der Waals surface area contributed by atoms with Crippen LogP contribution in [0.5, 0.6) is 0 Å². The number of nitrogens with one attached hydrogen (secondary N) is 2. The van der Waals surface area contributed by atoms with Gasteiger partial charge in [0, 0.05) is 5.92 Å². The van der Waals surface area contributed by atoms with Crippen LogP contribution in [0.2, 0.25) is 0 Å². The second kappa shape index (κ2) is 13.2. The maximum atomic E-state index is 13.8. The van der Waals surface area contributed by atoms with Gasteiger partial charge in [0.25, 0.3) is 5.91 Å². The normalized spacial score (nSPS) is 14.6. The predicted molar refractivity (Wildman–Crippen MR) is 144 cm³/mol. The molecule has 2 aromatic carbocycles. The molecular formula is C29H41N3O5. The molecule has 4 N–H and O–H groups in total. The third-order valence-corrected chi connectivity index (χ3v) is 6.36. The quantitative estimate of drug-likeness (QED) is 0.353. The minimum absolute atomic E-state index is 0.0927. The number of hydrogen-bond donors (Lipinski definition) is 3. The average Bonchev–Trinajstić information content (AvgIpc) is 2.82. The fraction of sp³-hybridized carbons (Fsp3) is 0.517. The number of ether oxygens (including phenoxy) is 1. The van der Waals surface area contributed by atoms with E-state index in [9.17, 15) is 19.2 Å². The second-order valence-corrected chi connectivity index (χ2v) is 10.6. The van der Waals surface area contributed by atoms with Crippen LogP contribution in [-0.2, 0) is 29.5 Å². The molecule has 0 aliphatic heterocycles. The first-order valence-electron chi connectivity index (χ1n) is 12.9. The van der Waals surface area contributed by atoms with Crippen LogP contribution < -0.4 is 16.4 Å². The smallest absolute Gasteiger partial charge is 0.306 e. The maximum absolute atomic E-state index is 13.8. The Morgan fingerprint density at radius 1 is 0.946 bits per heavy atom. The third kappa shape index (κ3) is 8.30. The fourth-order valence-electron chi connectivity index (χ4n) is 4.40.